The highest BCUT2D eigenvalue weighted by Crippen LogP contribution is 2.23. The van der Waals surface area contributed by atoms with E-state index >= 15 is 0 Å². The molecule has 4 rings (SSSR count). The zero-order valence-electron chi connectivity index (χ0n) is 15.7. The number of nitrogens with one attached hydrogen (secondary N) is 1. The topological polar surface area (TPSA) is 46.2 Å². The van der Waals surface area contributed by atoms with Crippen molar-refractivity contribution in [1.82, 2.24) is 0 Å². The molecule has 4 heteroatoms. The van der Waals surface area contributed by atoms with Crippen LogP contribution in [0, 0.1) is 0 Å². The van der Waals surface area contributed by atoms with Gasteiger partial charge in [0, 0.05) is 21.7 Å². The molecule has 3 nitrogen and oxygen atoms in total. The van der Waals surface area contributed by atoms with Crippen LogP contribution in [0.4, 0.5) is 5.69 Å². The molecular weight excluding hydrogens is 378 g/mol. The van der Waals surface area contributed by atoms with Crippen LogP contribution in [0.2, 0.25) is 0 Å². The lowest BCUT2D eigenvalue weighted by Crippen LogP contribution is -2.11. The van der Waals surface area contributed by atoms with Crippen LogP contribution in [-0.4, -0.2) is 17.4 Å². The molecule has 4 aromatic rings. The van der Waals surface area contributed by atoms with Crippen molar-refractivity contribution >= 4 is 39.9 Å². The van der Waals surface area contributed by atoms with Crippen LogP contribution < -0.4 is 5.32 Å². The Morgan fingerprint density at radius 3 is 2.28 bits per heavy atom. The lowest BCUT2D eigenvalue weighted by atomic mass is 10.1. The van der Waals surface area contributed by atoms with E-state index in [2.05, 4.69) is 5.32 Å². The molecule has 29 heavy (non-hydrogen) atoms. The number of fused-ring (bicyclic) bond motifs is 1. The molecule has 0 aromatic heterocycles. The van der Waals surface area contributed by atoms with Gasteiger partial charge in [-0.05, 0) is 41.1 Å². The van der Waals surface area contributed by atoms with Gasteiger partial charge in [0.2, 0.25) is 0 Å². The number of carbonyl (C=O) groups is 2. The molecule has 4 aromatic carbocycles. The summed E-state index contributed by atoms with van der Waals surface area (Å²) in [7, 11) is 0. The number of carbonyl (C=O) groups excluding carboxylic acids is 2. The minimum Gasteiger partial charge on any atom is -0.322 e. The van der Waals surface area contributed by atoms with Crippen molar-refractivity contribution in [2.45, 2.75) is 4.90 Å². The number of ketones is 1. The van der Waals surface area contributed by atoms with Crippen LogP contribution in [0.25, 0.3) is 10.8 Å². The minimum absolute atomic E-state index is 0.0844. The predicted octanol–water partition coefficient (Wildman–Crippen LogP) is 6.07. The molecule has 0 spiro atoms. The van der Waals surface area contributed by atoms with Gasteiger partial charge in [0.1, 0.15) is 0 Å². The molecule has 1 amide bonds. The van der Waals surface area contributed by atoms with E-state index in [9.17, 15) is 9.59 Å². The standard InChI is InChI=1S/C25H19NO2S/c27-24(19-8-2-1-3-9-19)17-29-23-12-6-11-22(16-23)26-25(28)21-14-13-18-7-4-5-10-20(18)15-21/h1-16H,17H2,(H,26,28). The van der Waals surface area contributed by atoms with E-state index in [1.165, 1.54) is 11.8 Å². The zero-order chi connectivity index (χ0) is 20.1. The highest BCUT2D eigenvalue weighted by atomic mass is 32.2. The van der Waals surface area contributed by atoms with Gasteiger partial charge >= 0.3 is 0 Å². The van der Waals surface area contributed by atoms with Crippen molar-refractivity contribution in [3.63, 3.8) is 0 Å². The number of benzene rings is 4. The van der Waals surface area contributed by atoms with E-state index in [1.54, 1.807) is 0 Å². The van der Waals surface area contributed by atoms with E-state index < -0.39 is 0 Å². The molecule has 0 radical (unpaired) electrons. The molecule has 142 valence electrons. The Morgan fingerprint density at radius 1 is 0.690 bits per heavy atom. The van der Waals surface area contributed by atoms with Crippen LogP contribution in [0.1, 0.15) is 20.7 Å². The van der Waals surface area contributed by atoms with Crippen molar-refractivity contribution in [2.24, 2.45) is 0 Å². The van der Waals surface area contributed by atoms with Crippen LogP contribution in [-0.2, 0) is 0 Å². The molecule has 0 saturated carbocycles. The predicted molar refractivity (Wildman–Crippen MR) is 120 cm³/mol. The summed E-state index contributed by atoms with van der Waals surface area (Å²) in [5.41, 5.74) is 2.03. The normalized spacial score (nSPS) is 10.6. The van der Waals surface area contributed by atoms with Crippen LogP contribution >= 0.6 is 11.8 Å². The third kappa shape index (κ3) is 4.73. The maximum Gasteiger partial charge on any atom is 0.255 e. The average molecular weight is 397 g/mol. The molecule has 1 N–H and O–H groups in total. The first-order chi connectivity index (χ1) is 14.2. The van der Waals surface area contributed by atoms with E-state index in [4.69, 9.17) is 0 Å². The van der Waals surface area contributed by atoms with Gasteiger partial charge in [-0.15, -0.1) is 11.8 Å². The Bertz CT molecular complexity index is 1170. The SMILES string of the molecule is O=C(CSc1cccc(NC(=O)c2ccc3ccccc3c2)c1)c1ccccc1. The van der Waals surface area contributed by atoms with Crippen molar-refractivity contribution < 1.29 is 9.59 Å². The molecule has 0 heterocycles. The Balaban J connectivity index is 1.42. The Hall–Kier alpha value is -3.37. The first kappa shape index (κ1) is 19.0. The number of rotatable bonds is 6. The summed E-state index contributed by atoms with van der Waals surface area (Å²) in [5.74, 6) is 0.283. The van der Waals surface area contributed by atoms with Gasteiger partial charge in [0.05, 0.1) is 5.75 Å². The fourth-order valence-electron chi connectivity index (χ4n) is 3.05. The molecule has 0 aliphatic rings. The third-order valence-corrected chi connectivity index (χ3v) is 5.56. The summed E-state index contributed by atoms with van der Waals surface area (Å²) in [6.45, 7) is 0. The summed E-state index contributed by atoms with van der Waals surface area (Å²) < 4.78 is 0. The van der Waals surface area contributed by atoms with Crippen LogP contribution in [0.3, 0.4) is 0 Å². The summed E-state index contributed by atoms with van der Waals surface area (Å²) >= 11 is 1.46. The monoisotopic (exact) mass is 397 g/mol. The molecular formula is C25H19NO2S. The number of thioether (sulfide) groups is 1. The molecule has 0 fully saturated rings. The van der Waals surface area contributed by atoms with Gasteiger partial charge in [0.25, 0.3) is 5.91 Å². The van der Waals surface area contributed by atoms with E-state index in [0.717, 1.165) is 15.7 Å². The summed E-state index contributed by atoms with van der Waals surface area (Å²) in [6.07, 6.45) is 0. The average Bonchev–Trinajstić information content (AvgIpc) is 2.78. The molecule has 0 aliphatic heterocycles. The van der Waals surface area contributed by atoms with Gasteiger partial charge in [-0.25, -0.2) is 0 Å². The largest absolute Gasteiger partial charge is 0.322 e. The second-order valence-electron chi connectivity index (χ2n) is 6.62. The van der Waals surface area contributed by atoms with Crippen LogP contribution in [0.15, 0.2) is 102 Å². The second kappa shape index (κ2) is 8.76. The maximum absolute atomic E-state index is 12.6. The number of hydrogen-bond acceptors (Lipinski definition) is 3. The van der Waals surface area contributed by atoms with Crippen molar-refractivity contribution in [3.05, 3.63) is 108 Å². The van der Waals surface area contributed by atoms with E-state index in [-0.39, 0.29) is 11.7 Å². The fraction of sp³-hybridized carbons (Fsp3) is 0.0400. The molecule has 0 aliphatic carbocycles. The highest BCUT2D eigenvalue weighted by Gasteiger charge is 2.09. The molecule has 0 unspecified atom stereocenters. The number of Topliss-reactive ketones (excluding diaryl/α,β-unsaturated/α-hetero) is 1. The fourth-order valence-corrected chi connectivity index (χ4v) is 3.90. The lowest BCUT2D eigenvalue weighted by Gasteiger charge is -2.08. The first-order valence-corrected chi connectivity index (χ1v) is 10.3. The van der Waals surface area contributed by atoms with Crippen molar-refractivity contribution in [3.8, 4) is 0 Å². The number of hydrogen-bond donors (Lipinski definition) is 1. The zero-order valence-corrected chi connectivity index (χ0v) is 16.5. The van der Waals surface area contributed by atoms with Crippen LogP contribution in [0.5, 0.6) is 0 Å². The van der Waals surface area contributed by atoms with Crippen molar-refractivity contribution in [1.29, 1.82) is 0 Å². The number of amides is 1. The van der Waals surface area contributed by atoms with Gasteiger partial charge in [-0.1, -0.05) is 66.7 Å². The summed E-state index contributed by atoms with van der Waals surface area (Å²) in [4.78, 5) is 25.9. The third-order valence-electron chi connectivity index (χ3n) is 4.57. The van der Waals surface area contributed by atoms with Gasteiger partial charge in [-0.2, -0.15) is 0 Å². The van der Waals surface area contributed by atoms with Crippen molar-refractivity contribution in [2.75, 3.05) is 11.1 Å². The first-order valence-electron chi connectivity index (χ1n) is 9.30. The van der Waals surface area contributed by atoms with Gasteiger partial charge in [0.15, 0.2) is 5.78 Å². The Labute approximate surface area is 173 Å². The Kier molecular flexibility index (Phi) is 5.73. The van der Waals surface area contributed by atoms with Gasteiger partial charge in [-0.3, -0.25) is 9.59 Å². The molecule has 0 atom stereocenters. The van der Waals surface area contributed by atoms with E-state index in [1.807, 2.05) is 97.1 Å². The lowest BCUT2D eigenvalue weighted by molar-refractivity contribution is 0.101. The summed E-state index contributed by atoms with van der Waals surface area (Å²) in [5, 5.41) is 5.08. The van der Waals surface area contributed by atoms with E-state index in [0.29, 0.717) is 22.6 Å². The smallest absolute Gasteiger partial charge is 0.255 e. The highest BCUT2D eigenvalue weighted by molar-refractivity contribution is 8.00. The number of anilines is 1. The Morgan fingerprint density at radius 2 is 1.45 bits per heavy atom. The maximum atomic E-state index is 12.6. The van der Waals surface area contributed by atoms with Gasteiger partial charge < -0.3 is 5.32 Å². The quantitative estimate of drug-likeness (QED) is 0.317. The second-order valence-corrected chi connectivity index (χ2v) is 7.67. The molecule has 0 saturated heterocycles. The summed E-state index contributed by atoms with van der Waals surface area (Å²) in [6, 6.07) is 30.4. The molecule has 0 bridgehead atoms. The minimum atomic E-state index is -0.154.